The number of halogens is 7. The number of nitrogens with zero attached hydrogens (tertiary/aromatic N) is 2. The molecule has 3 atom stereocenters. The van der Waals surface area contributed by atoms with Crippen LogP contribution < -0.4 is 4.74 Å². The van der Waals surface area contributed by atoms with Crippen molar-refractivity contribution in [1.29, 1.82) is 0 Å². The van der Waals surface area contributed by atoms with E-state index in [1.165, 1.54) is 12.1 Å². The van der Waals surface area contributed by atoms with Crippen LogP contribution in [0.1, 0.15) is 18.4 Å². The SMILES string of the molecule is Fc1ccc(CN2CCOC3CC(COc4ccccn4)CC32)cc1.O=C(O)C(F)(F)F.O=C(O)C(F)(F)F. The highest BCUT2D eigenvalue weighted by molar-refractivity contribution is 5.73. The number of carbonyl (C=O) groups is 2. The van der Waals surface area contributed by atoms with Crippen LogP contribution in [-0.4, -0.2) is 76.3 Å². The van der Waals surface area contributed by atoms with Crippen LogP contribution in [0, 0.1) is 11.7 Å². The quantitative estimate of drug-likeness (QED) is 0.505. The van der Waals surface area contributed by atoms with E-state index < -0.39 is 24.3 Å². The molecule has 0 spiro atoms. The van der Waals surface area contributed by atoms with Gasteiger partial charge in [-0.15, -0.1) is 0 Å². The Balaban J connectivity index is 0.000000317. The summed E-state index contributed by atoms with van der Waals surface area (Å²) in [6.45, 7) is 3.21. The molecule has 1 saturated heterocycles. The van der Waals surface area contributed by atoms with Crippen molar-refractivity contribution >= 4 is 11.9 Å². The Morgan fingerprint density at radius 2 is 1.56 bits per heavy atom. The minimum Gasteiger partial charge on any atom is -0.477 e. The number of benzene rings is 1. The van der Waals surface area contributed by atoms with Crippen LogP contribution in [-0.2, 0) is 20.9 Å². The van der Waals surface area contributed by atoms with Crippen molar-refractivity contribution in [2.45, 2.75) is 43.9 Å². The maximum atomic E-state index is 13.1. The van der Waals surface area contributed by atoms with Gasteiger partial charge in [0.25, 0.3) is 0 Å². The molecule has 1 aromatic heterocycles. The van der Waals surface area contributed by atoms with Crippen molar-refractivity contribution in [2.75, 3.05) is 19.8 Å². The van der Waals surface area contributed by atoms with Crippen LogP contribution in [0.4, 0.5) is 30.7 Å². The average Bonchev–Trinajstić information content (AvgIpc) is 3.29. The molecule has 0 radical (unpaired) electrons. The Labute approximate surface area is 218 Å². The number of rotatable bonds is 5. The first-order valence-corrected chi connectivity index (χ1v) is 11.4. The molecule has 1 aliphatic carbocycles. The zero-order valence-corrected chi connectivity index (χ0v) is 20.2. The summed E-state index contributed by atoms with van der Waals surface area (Å²) in [5.41, 5.74) is 1.15. The van der Waals surface area contributed by atoms with Gasteiger partial charge in [-0.2, -0.15) is 26.3 Å². The summed E-state index contributed by atoms with van der Waals surface area (Å²) in [6.07, 6.45) is -6.06. The van der Waals surface area contributed by atoms with E-state index >= 15 is 0 Å². The lowest BCUT2D eigenvalue weighted by molar-refractivity contribution is -0.193. The molecule has 1 aromatic carbocycles. The summed E-state index contributed by atoms with van der Waals surface area (Å²) in [5, 5.41) is 14.2. The fraction of sp³-hybridized carbons (Fsp3) is 0.458. The highest BCUT2D eigenvalue weighted by Crippen LogP contribution is 2.35. The van der Waals surface area contributed by atoms with Crippen LogP contribution >= 0.6 is 0 Å². The van der Waals surface area contributed by atoms with Gasteiger partial charge in [0, 0.05) is 31.4 Å². The number of fused-ring (bicyclic) bond motifs is 1. The van der Waals surface area contributed by atoms with Crippen molar-refractivity contribution in [1.82, 2.24) is 9.88 Å². The average molecular weight is 570 g/mol. The molecular formula is C24H25F7N2O6. The molecule has 1 saturated carbocycles. The normalized spacial score (nSPS) is 20.9. The number of hydrogen-bond acceptors (Lipinski definition) is 6. The molecule has 4 rings (SSSR count). The summed E-state index contributed by atoms with van der Waals surface area (Å²) >= 11 is 0. The molecule has 2 aromatic rings. The minimum atomic E-state index is -5.08. The van der Waals surface area contributed by atoms with Crippen LogP contribution in [0.3, 0.4) is 0 Å². The van der Waals surface area contributed by atoms with E-state index in [2.05, 4.69) is 9.88 Å². The van der Waals surface area contributed by atoms with E-state index in [-0.39, 0.29) is 11.9 Å². The van der Waals surface area contributed by atoms with Gasteiger partial charge in [0.1, 0.15) is 5.82 Å². The highest BCUT2D eigenvalue weighted by atomic mass is 19.4. The fourth-order valence-electron chi connectivity index (χ4n) is 3.92. The molecule has 8 nitrogen and oxygen atoms in total. The smallest absolute Gasteiger partial charge is 0.477 e. The molecule has 0 bridgehead atoms. The molecule has 2 N–H and O–H groups in total. The van der Waals surface area contributed by atoms with Gasteiger partial charge in [-0.3, -0.25) is 4.90 Å². The van der Waals surface area contributed by atoms with Gasteiger partial charge in [-0.25, -0.2) is 19.0 Å². The molecule has 15 heteroatoms. The zero-order valence-electron chi connectivity index (χ0n) is 20.2. The van der Waals surface area contributed by atoms with Gasteiger partial charge < -0.3 is 19.7 Å². The maximum Gasteiger partial charge on any atom is 0.490 e. The minimum absolute atomic E-state index is 0.184. The van der Waals surface area contributed by atoms with Crippen molar-refractivity contribution in [3.63, 3.8) is 0 Å². The van der Waals surface area contributed by atoms with Gasteiger partial charge >= 0.3 is 24.3 Å². The monoisotopic (exact) mass is 570 g/mol. The Morgan fingerprint density at radius 1 is 0.974 bits per heavy atom. The summed E-state index contributed by atoms with van der Waals surface area (Å²) in [5.74, 6) is -4.54. The predicted molar refractivity (Wildman–Crippen MR) is 120 cm³/mol. The van der Waals surface area contributed by atoms with E-state index in [1.807, 2.05) is 30.3 Å². The second kappa shape index (κ2) is 14.1. The molecule has 1 aliphatic heterocycles. The Hall–Kier alpha value is -3.46. The second-order valence-electron chi connectivity index (χ2n) is 8.50. The molecule has 2 fully saturated rings. The Morgan fingerprint density at radius 3 is 2.08 bits per heavy atom. The number of aliphatic carboxylic acids is 2. The Kier molecular flexibility index (Phi) is 11.5. The third-order valence-corrected chi connectivity index (χ3v) is 5.64. The lowest BCUT2D eigenvalue weighted by Crippen LogP contribution is -2.47. The summed E-state index contributed by atoms with van der Waals surface area (Å²) in [7, 11) is 0. The first-order valence-electron chi connectivity index (χ1n) is 11.4. The van der Waals surface area contributed by atoms with E-state index in [1.54, 1.807) is 6.20 Å². The summed E-state index contributed by atoms with van der Waals surface area (Å²) in [4.78, 5) is 24.5. The van der Waals surface area contributed by atoms with Crippen LogP contribution in [0.2, 0.25) is 0 Å². The Bertz CT molecular complexity index is 1030. The third-order valence-electron chi connectivity index (χ3n) is 5.64. The molecule has 0 amide bonds. The fourth-order valence-corrected chi connectivity index (χ4v) is 3.92. The maximum absolute atomic E-state index is 13.1. The van der Waals surface area contributed by atoms with Crippen LogP contribution in [0.15, 0.2) is 48.7 Å². The van der Waals surface area contributed by atoms with E-state index in [4.69, 9.17) is 29.3 Å². The molecule has 39 heavy (non-hydrogen) atoms. The largest absolute Gasteiger partial charge is 0.490 e. The predicted octanol–water partition coefficient (Wildman–Crippen LogP) is 4.55. The molecule has 2 aliphatic rings. The number of pyridine rings is 1. The van der Waals surface area contributed by atoms with Gasteiger partial charge in [0.2, 0.25) is 5.88 Å². The van der Waals surface area contributed by atoms with Crippen molar-refractivity contribution < 1.29 is 60.0 Å². The highest BCUT2D eigenvalue weighted by Gasteiger charge is 2.41. The van der Waals surface area contributed by atoms with Crippen LogP contribution in [0.5, 0.6) is 5.88 Å². The topological polar surface area (TPSA) is 109 Å². The van der Waals surface area contributed by atoms with E-state index in [9.17, 15) is 30.7 Å². The molecule has 3 unspecified atom stereocenters. The number of ether oxygens (including phenoxy) is 2. The van der Waals surface area contributed by atoms with Crippen LogP contribution in [0.25, 0.3) is 0 Å². The number of hydrogen-bond donors (Lipinski definition) is 2. The zero-order chi connectivity index (χ0) is 29.2. The molecular weight excluding hydrogens is 545 g/mol. The van der Waals surface area contributed by atoms with Gasteiger partial charge in [0.15, 0.2) is 0 Å². The standard InChI is InChI=1S/C20H23FN2O2.2C2HF3O2/c21-17-6-4-15(5-7-17)13-23-9-10-24-19-12-16(11-18(19)23)14-25-20-3-1-2-8-22-20;2*3-2(4,5)1(6)7/h1-8,16,18-19H,9-14H2;2*(H,6,7). The van der Waals surface area contributed by atoms with Crippen molar-refractivity contribution in [2.24, 2.45) is 5.92 Å². The van der Waals surface area contributed by atoms with E-state index in [0.717, 1.165) is 38.1 Å². The van der Waals surface area contributed by atoms with Gasteiger partial charge in [-0.1, -0.05) is 18.2 Å². The number of alkyl halides is 6. The first kappa shape index (κ1) is 31.8. The lowest BCUT2D eigenvalue weighted by atomic mass is 10.1. The lowest BCUT2D eigenvalue weighted by Gasteiger charge is -2.37. The number of carboxylic acid groups (broad SMARTS) is 2. The number of carboxylic acids is 2. The first-order chi connectivity index (χ1) is 18.2. The molecule has 2 heterocycles. The number of morpholine rings is 1. The van der Waals surface area contributed by atoms with Crippen molar-refractivity contribution in [3.8, 4) is 5.88 Å². The second-order valence-corrected chi connectivity index (χ2v) is 8.50. The van der Waals surface area contributed by atoms with Gasteiger partial charge in [-0.05, 0) is 42.5 Å². The van der Waals surface area contributed by atoms with Crippen molar-refractivity contribution in [3.05, 3.63) is 60.0 Å². The number of aromatic nitrogens is 1. The van der Waals surface area contributed by atoms with Gasteiger partial charge in [0.05, 0.1) is 19.3 Å². The third kappa shape index (κ3) is 11.0. The summed E-state index contributed by atoms with van der Waals surface area (Å²) < 4.78 is 88.4. The van der Waals surface area contributed by atoms with E-state index in [0.29, 0.717) is 24.4 Å². The summed E-state index contributed by atoms with van der Waals surface area (Å²) in [6, 6.07) is 12.9. The molecule has 216 valence electrons.